The van der Waals surface area contributed by atoms with E-state index in [-0.39, 0.29) is 6.10 Å². The van der Waals surface area contributed by atoms with Gasteiger partial charge < -0.3 is 9.84 Å². The molecule has 0 aromatic heterocycles. The van der Waals surface area contributed by atoms with E-state index in [0.29, 0.717) is 6.61 Å². The number of unbranched alkanes of at least 4 members (excludes halogenated alkanes) is 9. The van der Waals surface area contributed by atoms with E-state index in [9.17, 15) is 5.11 Å². The van der Waals surface area contributed by atoms with Crippen LogP contribution in [0.4, 0.5) is 0 Å². The summed E-state index contributed by atoms with van der Waals surface area (Å²) in [6.07, 6.45) is 15.2. The number of hydrogen-bond donors (Lipinski definition) is 1. The number of aliphatic hydroxyl groups is 1. The van der Waals surface area contributed by atoms with E-state index in [1.165, 1.54) is 57.8 Å². The maximum Gasteiger partial charge on any atom is 0.0773 e. The summed E-state index contributed by atoms with van der Waals surface area (Å²) in [4.78, 5) is 0. The van der Waals surface area contributed by atoms with Crippen molar-refractivity contribution in [2.45, 2.75) is 97.0 Å². The quantitative estimate of drug-likeness (QED) is 0.421. The van der Waals surface area contributed by atoms with E-state index in [4.69, 9.17) is 4.74 Å². The first-order chi connectivity index (χ1) is 9.31. The summed E-state index contributed by atoms with van der Waals surface area (Å²) in [5.74, 6) is 0. The van der Waals surface area contributed by atoms with Crippen LogP contribution in [0, 0.1) is 0 Å². The molecule has 0 spiro atoms. The average Bonchev–Trinajstić information content (AvgIpc) is 2.40. The van der Waals surface area contributed by atoms with Crippen LogP contribution in [0.2, 0.25) is 0 Å². The van der Waals surface area contributed by atoms with Crippen molar-refractivity contribution in [2.24, 2.45) is 0 Å². The molecule has 116 valence electrons. The molecule has 0 aliphatic heterocycles. The Labute approximate surface area is 120 Å². The van der Waals surface area contributed by atoms with Gasteiger partial charge in [-0.2, -0.15) is 0 Å². The van der Waals surface area contributed by atoms with Crippen molar-refractivity contribution in [1.29, 1.82) is 0 Å². The van der Waals surface area contributed by atoms with Crippen molar-refractivity contribution in [2.75, 3.05) is 13.2 Å². The molecule has 2 nitrogen and oxygen atoms in total. The zero-order valence-electron chi connectivity index (χ0n) is 13.3. The molecular formula is C17H36O2. The zero-order chi connectivity index (χ0) is 14.2. The second-order valence-corrected chi connectivity index (χ2v) is 5.70. The van der Waals surface area contributed by atoms with Crippen molar-refractivity contribution in [3.8, 4) is 0 Å². The normalized spacial score (nSPS) is 12.8. The van der Waals surface area contributed by atoms with E-state index in [1.807, 2.05) is 0 Å². The van der Waals surface area contributed by atoms with Gasteiger partial charge in [0.25, 0.3) is 0 Å². The van der Waals surface area contributed by atoms with Crippen LogP contribution in [-0.2, 0) is 4.74 Å². The monoisotopic (exact) mass is 272 g/mol. The number of rotatable bonds is 15. The lowest BCUT2D eigenvalue weighted by Crippen LogP contribution is -2.15. The lowest BCUT2D eigenvalue weighted by Gasteiger charge is -2.09. The van der Waals surface area contributed by atoms with Gasteiger partial charge in [-0.3, -0.25) is 0 Å². The lowest BCUT2D eigenvalue weighted by molar-refractivity contribution is 0.0307. The van der Waals surface area contributed by atoms with Crippen LogP contribution in [0.5, 0.6) is 0 Å². The second-order valence-electron chi connectivity index (χ2n) is 5.70. The first kappa shape index (κ1) is 18.9. The fourth-order valence-corrected chi connectivity index (χ4v) is 2.33. The minimum atomic E-state index is -0.256. The van der Waals surface area contributed by atoms with Crippen LogP contribution in [-0.4, -0.2) is 24.4 Å². The van der Waals surface area contributed by atoms with Crippen LogP contribution in [0.3, 0.4) is 0 Å². The lowest BCUT2D eigenvalue weighted by atomic mass is 10.1. The summed E-state index contributed by atoms with van der Waals surface area (Å²) in [6, 6.07) is 0. The van der Waals surface area contributed by atoms with E-state index < -0.39 is 0 Å². The Bertz CT molecular complexity index is 159. The molecule has 0 heterocycles. The summed E-state index contributed by atoms with van der Waals surface area (Å²) in [5.41, 5.74) is 0. The molecule has 19 heavy (non-hydrogen) atoms. The molecule has 0 saturated carbocycles. The third-order valence-electron chi connectivity index (χ3n) is 3.57. The number of ether oxygens (including phenoxy) is 1. The third-order valence-corrected chi connectivity index (χ3v) is 3.57. The van der Waals surface area contributed by atoms with Crippen LogP contribution in [0.15, 0.2) is 0 Å². The smallest absolute Gasteiger partial charge is 0.0773 e. The molecule has 0 aromatic rings. The number of aliphatic hydroxyl groups excluding tert-OH is 1. The largest absolute Gasteiger partial charge is 0.391 e. The Morgan fingerprint density at radius 3 is 1.79 bits per heavy atom. The van der Waals surface area contributed by atoms with Crippen LogP contribution in [0.1, 0.15) is 90.9 Å². The molecule has 0 bridgehead atoms. The first-order valence-corrected chi connectivity index (χ1v) is 8.57. The summed E-state index contributed by atoms with van der Waals surface area (Å²) in [7, 11) is 0. The first-order valence-electron chi connectivity index (χ1n) is 8.57. The maximum atomic E-state index is 9.49. The zero-order valence-corrected chi connectivity index (χ0v) is 13.3. The van der Waals surface area contributed by atoms with Gasteiger partial charge in [-0.05, 0) is 12.8 Å². The topological polar surface area (TPSA) is 29.5 Å². The highest BCUT2D eigenvalue weighted by Gasteiger charge is 2.01. The highest BCUT2D eigenvalue weighted by molar-refractivity contribution is 4.52. The van der Waals surface area contributed by atoms with Crippen molar-refractivity contribution in [3.05, 3.63) is 0 Å². The van der Waals surface area contributed by atoms with Crippen molar-refractivity contribution in [3.63, 3.8) is 0 Å². The van der Waals surface area contributed by atoms with Gasteiger partial charge in [-0.15, -0.1) is 0 Å². The van der Waals surface area contributed by atoms with Crippen molar-refractivity contribution in [1.82, 2.24) is 0 Å². The highest BCUT2D eigenvalue weighted by Crippen LogP contribution is 2.10. The van der Waals surface area contributed by atoms with Gasteiger partial charge in [0.2, 0.25) is 0 Å². The molecule has 0 aliphatic rings. The van der Waals surface area contributed by atoms with E-state index in [2.05, 4.69) is 13.8 Å². The highest BCUT2D eigenvalue weighted by atomic mass is 16.5. The van der Waals surface area contributed by atoms with Gasteiger partial charge in [-0.1, -0.05) is 78.1 Å². The molecule has 0 rings (SSSR count). The molecule has 0 fully saturated rings. The Morgan fingerprint density at radius 1 is 0.737 bits per heavy atom. The molecule has 1 unspecified atom stereocenters. The molecule has 1 N–H and O–H groups in total. The van der Waals surface area contributed by atoms with Gasteiger partial charge in [0.05, 0.1) is 12.7 Å². The molecule has 0 aromatic carbocycles. The summed E-state index contributed by atoms with van der Waals surface area (Å²) >= 11 is 0. The predicted octanol–water partition coefficient (Wildman–Crippen LogP) is 5.08. The van der Waals surface area contributed by atoms with Crippen molar-refractivity contribution >= 4 is 0 Å². The van der Waals surface area contributed by atoms with Gasteiger partial charge in [0.1, 0.15) is 0 Å². The Hall–Kier alpha value is -0.0800. The summed E-state index contributed by atoms with van der Waals surface area (Å²) < 4.78 is 5.47. The summed E-state index contributed by atoms with van der Waals surface area (Å²) in [6.45, 7) is 5.69. The third kappa shape index (κ3) is 15.9. The van der Waals surface area contributed by atoms with E-state index in [0.717, 1.165) is 25.9 Å². The van der Waals surface area contributed by atoms with Gasteiger partial charge in [0.15, 0.2) is 0 Å². The molecular weight excluding hydrogens is 236 g/mol. The molecule has 0 saturated heterocycles. The van der Waals surface area contributed by atoms with Crippen molar-refractivity contribution < 1.29 is 9.84 Å². The SMILES string of the molecule is CCCCCCCCCCCCOCC(O)CCC. The van der Waals surface area contributed by atoms with Crippen LogP contribution >= 0.6 is 0 Å². The molecule has 0 aliphatic carbocycles. The van der Waals surface area contributed by atoms with E-state index >= 15 is 0 Å². The second kappa shape index (κ2) is 16.0. The maximum absolute atomic E-state index is 9.49. The molecule has 0 radical (unpaired) electrons. The summed E-state index contributed by atoms with van der Waals surface area (Å²) in [5, 5.41) is 9.49. The van der Waals surface area contributed by atoms with E-state index in [1.54, 1.807) is 0 Å². The minimum Gasteiger partial charge on any atom is -0.391 e. The van der Waals surface area contributed by atoms with Crippen LogP contribution in [0.25, 0.3) is 0 Å². The van der Waals surface area contributed by atoms with Gasteiger partial charge >= 0.3 is 0 Å². The average molecular weight is 272 g/mol. The molecule has 0 amide bonds. The predicted molar refractivity (Wildman–Crippen MR) is 83.6 cm³/mol. The number of hydrogen-bond acceptors (Lipinski definition) is 2. The van der Waals surface area contributed by atoms with Gasteiger partial charge in [-0.25, -0.2) is 0 Å². The molecule has 1 atom stereocenters. The minimum absolute atomic E-state index is 0.256. The Balaban J connectivity index is 2.99. The van der Waals surface area contributed by atoms with Gasteiger partial charge in [0, 0.05) is 6.61 Å². The Morgan fingerprint density at radius 2 is 1.26 bits per heavy atom. The fourth-order valence-electron chi connectivity index (χ4n) is 2.33. The Kier molecular flexibility index (Phi) is 15.9. The fraction of sp³-hybridized carbons (Fsp3) is 1.00. The van der Waals surface area contributed by atoms with Crippen LogP contribution < -0.4 is 0 Å². The molecule has 2 heteroatoms. The standard InChI is InChI=1S/C17H36O2/c1-3-5-6-7-8-9-10-11-12-13-15-19-16-17(18)14-4-2/h17-18H,3-16H2,1-2H3.